The molecule has 2 rings (SSSR count). The van der Waals surface area contributed by atoms with Crippen molar-refractivity contribution in [1.29, 1.82) is 0 Å². The zero-order valence-electron chi connectivity index (χ0n) is 8.95. The van der Waals surface area contributed by atoms with E-state index >= 15 is 0 Å². The highest BCUT2D eigenvalue weighted by Gasteiger charge is 2.22. The van der Waals surface area contributed by atoms with Crippen LogP contribution in [0.1, 0.15) is 12.5 Å². The van der Waals surface area contributed by atoms with Gasteiger partial charge in [0.05, 0.1) is 0 Å². The van der Waals surface area contributed by atoms with Crippen molar-refractivity contribution in [1.82, 2.24) is 4.90 Å². The Kier molecular flexibility index (Phi) is 2.26. The van der Waals surface area contributed by atoms with Gasteiger partial charge in [-0.25, -0.2) is 0 Å². The number of fused-ring (bicyclic) bond motifs is 1. The SMILES string of the molecule is CC1Nc2cc(N)ccc2CN(C)C1=O. The molecule has 80 valence electrons. The van der Waals surface area contributed by atoms with E-state index in [2.05, 4.69) is 5.32 Å². The molecule has 1 aromatic rings. The van der Waals surface area contributed by atoms with E-state index < -0.39 is 0 Å². The van der Waals surface area contributed by atoms with Crippen molar-refractivity contribution < 1.29 is 4.79 Å². The number of nitrogens with zero attached hydrogens (tertiary/aromatic N) is 1. The third kappa shape index (κ3) is 1.75. The number of anilines is 2. The molecular weight excluding hydrogens is 190 g/mol. The molecule has 1 atom stereocenters. The fourth-order valence-corrected chi connectivity index (χ4v) is 1.83. The van der Waals surface area contributed by atoms with E-state index in [-0.39, 0.29) is 11.9 Å². The normalized spacial score (nSPS) is 20.5. The van der Waals surface area contributed by atoms with Crippen LogP contribution in [0.4, 0.5) is 11.4 Å². The lowest BCUT2D eigenvalue weighted by Crippen LogP contribution is -2.35. The number of carbonyl (C=O) groups is 1. The first-order valence-electron chi connectivity index (χ1n) is 4.98. The fraction of sp³-hybridized carbons (Fsp3) is 0.364. The van der Waals surface area contributed by atoms with Crippen molar-refractivity contribution in [3.8, 4) is 0 Å². The molecule has 1 aromatic carbocycles. The van der Waals surface area contributed by atoms with Crippen LogP contribution in [-0.2, 0) is 11.3 Å². The third-order valence-electron chi connectivity index (χ3n) is 2.66. The van der Waals surface area contributed by atoms with E-state index in [1.165, 1.54) is 0 Å². The van der Waals surface area contributed by atoms with Crippen molar-refractivity contribution in [2.24, 2.45) is 0 Å². The van der Waals surface area contributed by atoms with Crippen LogP contribution in [-0.4, -0.2) is 23.9 Å². The second kappa shape index (κ2) is 3.46. The van der Waals surface area contributed by atoms with E-state index in [0.29, 0.717) is 12.2 Å². The molecule has 1 aliphatic heterocycles. The average molecular weight is 205 g/mol. The molecular formula is C11H15N3O. The van der Waals surface area contributed by atoms with Gasteiger partial charge in [-0.1, -0.05) is 6.07 Å². The second-order valence-corrected chi connectivity index (χ2v) is 3.98. The molecule has 1 unspecified atom stereocenters. The molecule has 0 bridgehead atoms. The van der Waals surface area contributed by atoms with Crippen LogP contribution in [0.25, 0.3) is 0 Å². The average Bonchev–Trinajstić information content (AvgIpc) is 2.29. The number of carbonyl (C=O) groups excluding carboxylic acids is 1. The Balaban J connectivity index is 2.42. The highest BCUT2D eigenvalue weighted by molar-refractivity contribution is 5.86. The summed E-state index contributed by atoms with van der Waals surface area (Å²) in [4.78, 5) is 13.5. The first kappa shape index (κ1) is 9.83. The van der Waals surface area contributed by atoms with Gasteiger partial charge >= 0.3 is 0 Å². The van der Waals surface area contributed by atoms with Gasteiger partial charge in [-0.3, -0.25) is 4.79 Å². The van der Waals surface area contributed by atoms with Crippen molar-refractivity contribution in [2.75, 3.05) is 18.1 Å². The Morgan fingerprint density at radius 1 is 1.53 bits per heavy atom. The Morgan fingerprint density at radius 2 is 2.27 bits per heavy atom. The van der Waals surface area contributed by atoms with Crippen LogP contribution in [0.5, 0.6) is 0 Å². The fourth-order valence-electron chi connectivity index (χ4n) is 1.83. The summed E-state index contributed by atoms with van der Waals surface area (Å²) in [5.41, 5.74) is 8.48. The summed E-state index contributed by atoms with van der Waals surface area (Å²) in [5.74, 6) is 0.102. The van der Waals surface area contributed by atoms with Gasteiger partial charge in [0.2, 0.25) is 5.91 Å². The number of likely N-dealkylation sites (N-methyl/N-ethyl adjacent to an activating group) is 1. The van der Waals surface area contributed by atoms with Crippen LogP contribution in [0.3, 0.4) is 0 Å². The number of amides is 1. The number of nitrogens with one attached hydrogen (secondary N) is 1. The highest BCUT2D eigenvalue weighted by atomic mass is 16.2. The van der Waals surface area contributed by atoms with Gasteiger partial charge in [0, 0.05) is 25.0 Å². The minimum Gasteiger partial charge on any atom is -0.399 e. The number of nitrogens with two attached hydrogens (primary N) is 1. The molecule has 0 aromatic heterocycles. The number of rotatable bonds is 0. The van der Waals surface area contributed by atoms with Crippen LogP contribution >= 0.6 is 0 Å². The lowest BCUT2D eigenvalue weighted by atomic mass is 10.1. The molecule has 15 heavy (non-hydrogen) atoms. The number of benzene rings is 1. The summed E-state index contributed by atoms with van der Waals surface area (Å²) in [6.07, 6.45) is 0. The molecule has 1 heterocycles. The molecule has 1 aliphatic rings. The molecule has 0 radical (unpaired) electrons. The Labute approximate surface area is 89.1 Å². The summed E-state index contributed by atoms with van der Waals surface area (Å²) in [6.45, 7) is 2.49. The van der Waals surface area contributed by atoms with Crippen molar-refractivity contribution >= 4 is 17.3 Å². The van der Waals surface area contributed by atoms with Gasteiger partial charge in [-0.2, -0.15) is 0 Å². The smallest absolute Gasteiger partial charge is 0.244 e. The van der Waals surface area contributed by atoms with Gasteiger partial charge in [0.1, 0.15) is 6.04 Å². The minimum absolute atomic E-state index is 0.102. The maximum absolute atomic E-state index is 11.7. The monoisotopic (exact) mass is 205 g/mol. The zero-order chi connectivity index (χ0) is 11.0. The molecule has 0 saturated carbocycles. The number of hydrogen-bond donors (Lipinski definition) is 2. The van der Waals surface area contributed by atoms with Gasteiger partial charge in [-0.15, -0.1) is 0 Å². The molecule has 0 spiro atoms. The largest absolute Gasteiger partial charge is 0.399 e. The van der Waals surface area contributed by atoms with Crippen LogP contribution in [0.15, 0.2) is 18.2 Å². The lowest BCUT2D eigenvalue weighted by molar-refractivity contribution is -0.130. The van der Waals surface area contributed by atoms with E-state index in [0.717, 1.165) is 11.3 Å². The quantitative estimate of drug-likeness (QED) is 0.622. The third-order valence-corrected chi connectivity index (χ3v) is 2.66. The van der Waals surface area contributed by atoms with Gasteiger partial charge in [0.25, 0.3) is 0 Å². The molecule has 0 aliphatic carbocycles. The van der Waals surface area contributed by atoms with Gasteiger partial charge < -0.3 is 16.0 Å². The summed E-state index contributed by atoms with van der Waals surface area (Å²) >= 11 is 0. The molecule has 4 heteroatoms. The first-order valence-corrected chi connectivity index (χ1v) is 4.98. The zero-order valence-corrected chi connectivity index (χ0v) is 8.95. The van der Waals surface area contributed by atoms with Crippen molar-refractivity contribution in [3.63, 3.8) is 0 Å². The summed E-state index contributed by atoms with van der Waals surface area (Å²) in [5, 5.41) is 3.17. The van der Waals surface area contributed by atoms with E-state index in [4.69, 9.17) is 5.73 Å². The molecule has 3 N–H and O–H groups in total. The Morgan fingerprint density at radius 3 is 3.00 bits per heavy atom. The molecule has 0 fully saturated rings. The summed E-state index contributed by atoms with van der Waals surface area (Å²) < 4.78 is 0. The summed E-state index contributed by atoms with van der Waals surface area (Å²) in [6, 6.07) is 5.49. The topological polar surface area (TPSA) is 58.4 Å². The maximum atomic E-state index is 11.7. The van der Waals surface area contributed by atoms with E-state index in [1.807, 2.05) is 32.2 Å². The summed E-state index contributed by atoms with van der Waals surface area (Å²) in [7, 11) is 1.81. The van der Waals surface area contributed by atoms with Crippen LogP contribution in [0, 0.1) is 0 Å². The molecule has 4 nitrogen and oxygen atoms in total. The lowest BCUT2D eigenvalue weighted by Gasteiger charge is -2.16. The van der Waals surface area contributed by atoms with Gasteiger partial charge in [0.15, 0.2) is 0 Å². The van der Waals surface area contributed by atoms with Crippen molar-refractivity contribution in [2.45, 2.75) is 19.5 Å². The van der Waals surface area contributed by atoms with Crippen LogP contribution in [0.2, 0.25) is 0 Å². The standard InChI is InChI=1S/C11H15N3O/c1-7-11(15)14(2)6-8-3-4-9(12)5-10(8)13-7/h3-5,7,13H,6,12H2,1-2H3. The minimum atomic E-state index is -0.196. The molecule has 1 amide bonds. The van der Waals surface area contributed by atoms with Crippen molar-refractivity contribution in [3.05, 3.63) is 23.8 Å². The maximum Gasteiger partial charge on any atom is 0.244 e. The Hall–Kier alpha value is -1.71. The van der Waals surface area contributed by atoms with E-state index in [1.54, 1.807) is 4.90 Å². The highest BCUT2D eigenvalue weighted by Crippen LogP contribution is 2.24. The predicted octanol–water partition coefficient (Wildman–Crippen LogP) is 1.04. The van der Waals surface area contributed by atoms with Crippen LogP contribution < -0.4 is 11.1 Å². The molecule has 0 saturated heterocycles. The first-order chi connectivity index (χ1) is 7.08. The van der Waals surface area contributed by atoms with E-state index in [9.17, 15) is 4.79 Å². The Bertz CT molecular complexity index is 403. The number of nitrogen functional groups attached to an aromatic ring is 1. The number of hydrogen-bond acceptors (Lipinski definition) is 3. The van der Waals surface area contributed by atoms with Gasteiger partial charge in [-0.05, 0) is 24.6 Å². The second-order valence-electron chi connectivity index (χ2n) is 3.98. The predicted molar refractivity (Wildman–Crippen MR) is 60.4 cm³/mol.